The molecule has 0 aromatic carbocycles. The first-order valence-electron chi connectivity index (χ1n) is 6.81. The maximum absolute atomic E-state index is 11.8. The second-order valence-electron chi connectivity index (χ2n) is 5.41. The number of carbonyl (C=O) groups excluding carboxylic acids is 1. The number of likely N-dealkylation sites (N-methyl/N-ethyl adjacent to an activating group) is 1. The lowest BCUT2D eigenvalue weighted by atomic mass is 9.95. The Hall–Kier alpha value is -0.610. The number of nitrogens with zero attached hydrogens (tertiary/aromatic N) is 1. The number of nitrogens with one attached hydrogen (secondary N) is 1. The molecule has 0 heterocycles. The Morgan fingerprint density at radius 2 is 2.06 bits per heavy atom. The summed E-state index contributed by atoms with van der Waals surface area (Å²) in [5.74, 6) is 0.157. The molecule has 1 rings (SSSR count). The highest BCUT2D eigenvalue weighted by atomic mass is 16.2. The minimum atomic E-state index is 0.157. The monoisotopic (exact) mass is 241 g/mol. The van der Waals surface area contributed by atoms with Crippen LogP contribution in [0.3, 0.4) is 0 Å². The lowest BCUT2D eigenvalue weighted by molar-refractivity contribution is -0.122. The second-order valence-corrected chi connectivity index (χ2v) is 5.41. The standard InChI is InChI=1S/C13H27N3O/c1-11(14)8-9-16(2)10-13(17)15-12-6-4-3-5-7-12/h11-12H,3-10,14H2,1-2H3,(H,15,17). The van der Waals surface area contributed by atoms with E-state index in [1.807, 2.05) is 18.9 Å². The van der Waals surface area contributed by atoms with Crippen LogP contribution in [0.15, 0.2) is 0 Å². The van der Waals surface area contributed by atoms with Gasteiger partial charge in [-0.3, -0.25) is 9.69 Å². The van der Waals surface area contributed by atoms with Gasteiger partial charge in [0.05, 0.1) is 6.54 Å². The van der Waals surface area contributed by atoms with E-state index in [1.54, 1.807) is 0 Å². The van der Waals surface area contributed by atoms with Crippen LogP contribution in [0.4, 0.5) is 0 Å². The number of amides is 1. The van der Waals surface area contributed by atoms with Gasteiger partial charge in [-0.2, -0.15) is 0 Å². The van der Waals surface area contributed by atoms with E-state index in [9.17, 15) is 4.79 Å². The summed E-state index contributed by atoms with van der Waals surface area (Å²) in [7, 11) is 1.98. The van der Waals surface area contributed by atoms with Crippen molar-refractivity contribution >= 4 is 5.91 Å². The number of carbonyl (C=O) groups is 1. The third-order valence-corrected chi connectivity index (χ3v) is 3.35. The van der Waals surface area contributed by atoms with Gasteiger partial charge in [-0.15, -0.1) is 0 Å². The molecule has 0 radical (unpaired) electrons. The van der Waals surface area contributed by atoms with Crippen LogP contribution in [0.25, 0.3) is 0 Å². The fourth-order valence-electron chi connectivity index (χ4n) is 2.27. The molecule has 1 aliphatic rings. The van der Waals surface area contributed by atoms with E-state index in [2.05, 4.69) is 5.32 Å². The number of nitrogens with two attached hydrogens (primary N) is 1. The quantitative estimate of drug-likeness (QED) is 0.732. The van der Waals surface area contributed by atoms with Crippen molar-refractivity contribution in [2.45, 2.75) is 57.5 Å². The molecule has 0 spiro atoms. The SMILES string of the molecule is CC(N)CCN(C)CC(=O)NC1CCCCC1. The van der Waals surface area contributed by atoms with E-state index < -0.39 is 0 Å². The molecule has 0 saturated heterocycles. The first-order chi connectivity index (χ1) is 8.08. The van der Waals surface area contributed by atoms with Crippen molar-refractivity contribution in [3.63, 3.8) is 0 Å². The molecule has 4 heteroatoms. The summed E-state index contributed by atoms with van der Waals surface area (Å²) in [5.41, 5.74) is 5.69. The van der Waals surface area contributed by atoms with E-state index in [-0.39, 0.29) is 11.9 Å². The van der Waals surface area contributed by atoms with Crippen molar-refractivity contribution in [3.05, 3.63) is 0 Å². The Kier molecular flexibility index (Phi) is 6.52. The molecular weight excluding hydrogens is 214 g/mol. The molecule has 1 unspecified atom stereocenters. The normalized spacial score (nSPS) is 19.3. The first-order valence-corrected chi connectivity index (χ1v) is 6.81. The van der Waals surface area contributed by atoms with Gasteiger partial charge in [0.25, 0.3) is 0 Å². The molecular formula is C13H27N3O. The van der Waals surface area contributed by atoms with Gasteiger partial charge >= 0.3 is 0 Å². The molecule has 1 fully saturated rings. The molecule has 1 atom stereocenters. The molecule has 0 aliphatic heterocycles. The van der Waals surface area contributed by atoms with Crippen LogP contribution < -0.4 is 11.1 Å². The average Bonchev–Trinajstić information content (AvgIpc) is 2.27. The third kappa shape index (κ3) is 6.64. The highest BCUT2D eigenvalue weighted by Crippen LogP contribution is 2.17. The van der Waals surface area contributed by atoms with Crippen molar-refractivity contribution in [2.24, 2.45) is 5.73 Å². The fourth-order valence-corrected chi connectivity index (χ4v) is 2.27. The molecule has 0 bridgehead atoms. The van der Waals surface area contributed by atoms with Crippen LogP contribution >= 0.6 is 0 Å². The second kappa shape index (κ2) is 7.67. The van der Waals surface area contributed by atoms with Crippen molar-refractivity contribution in [1.82, 2.24) is 10.2 Å². The Morgan fingerprint density at radius 1 is 1.41 bits per heavy atom. The third-order valence-electron chi connectivity index (χ3n) is 3.35. The Bertz CT molecular complexity index is 225. The maximum Gasteiger partial charge on any atom is 0.234 e. The zero-order chi connectivity index (χ0) is 12.7. The van der Waals surface area contributed by atoms with E-state index in [0.29, 0.717) is 12.6 Å². The van der Waals surface area contributed by atoms with Gasteiger partial charge in [0.15, 0.2) is 0 Å². The topological polar surface area (TPSA) is 58.4 Å². The molecule has 17 heavy (non-hydrogen) atoms. The Balaban J connectivity index is 2.14. The highest BCUT2D eigenvalue weighted by Gasteiger charge is 2.16. The van der Waals surface area contributed by atoms with Crippen molar-refractivity contribution in [1.29, 1.82) is 0 Å². The molecule has 1 aliphatic carbocycles. The first kappa shape index (κ1) is 14.5. The van der Waals surface area contributed by atoms with Crippen molar-refractivity contribution in [3.8, 4) is 0 Å². The van der Waals surface area contributed by atoms with Gasteiger partial charge in [0, 0.05) is 12.1 Å². The summed E-state index contributed by atoms with van der Waals surface area (Å²) < 4.78 is 0. The molecule has 1 amide bonds. The molecule has 0 aromatic rings. The van der Waals surface area contributed by atoms with E-state index in [4.69, 9.17) is 5.73 Å². The minimum Gasteiger partial charge on any atom is -0.352 e. The van der Waals surface area contributed by atoms with Crippen LogP contribution in [0, 0.1) is 0 Å². The largest absolute Gasteiger partial charge is 0.352 e. The summed E-state index contributed by atoms with van der Waals surface area (Å²) in [6, 6.07) is 0.622. The van der Waals surface area contributed by atoms with E-state index in [1.165, 1.54) is 19.3 Å². The van der Waals surface area contributed by atoms with Crippen LogP contribution in [0.5, 0.6) is 0 Å². The van der Waals surface area contributed by atoms with Gasteiger partial charge in [-0.05, 0) is 39.8 Å². The predicted molar refractivity (Wildman–Crippen MR) is 70.8 cm³/mol. The molecule has 1 saturated carbocycles. The van der Waals surface area contributed by atoms with Gasteiger partial charge in [-0.1, -0.05) is 19.3 Å². The summed E-state index contributed by atoms with van der Waals surface area (Å²) in [4.78, 5) is 13.8. The number of rotatable bonds is 6. The summed E-state index contributed by atoms with van der Waals surface area (Å²) in [6.45, 7) is 3.37. The predicted octanol–water partition coefficient (Wildman–Crippen LogP) is 1.10. The fraction of sp³-hybridized carbons (Fsp3) is 0.923. The lowest BCUT2D eigenvalue weighted by Gasteiger charge is -2.24. The summed E-state index contributed by atoms with van der Waals surface area (Å²) in [6.07, 6.45) is 7.06. The minimum absolute atomic E-state index is 0.157. The zero-order valence-corrected chi connectivity index (χ0v) is 11.2. The maximum atomic E-state index is 11.8. The van der Waals surface area contributed by atoms with Gasteiger partial charge < -0.3 is 11.1 Å². The molecule has 100 valence electrons. The van der Waals surface area contributed by atoms with Crippen molar-refractivity contribution in [2.75, 3.05) is 20.1 Å². The van der Waals surface area contributed by atoms with E-state index in [0.717, 1.165) is 25.8 Å². The molecule has 0 aromatic heterocycles. The molecule has 4 nitrogen and oxygen atoms in total. The zero-order valence-electron chi connectivity index (χ0n) is 11.2. The smallest absolute Gasteiger partial charge is 0.234 e. The van der Waals surface area contributed by atoms with Gasteiger partial charge in [-0.25, -0.2) is 0 Å². The summed E-state index contributed by atoms with van der Waals surface area (Å²) in [5, 5.41) is 3.13. The van der Waals surface area contributed by atoms with Crippen LogP contribution in [-0.2, 0) is 4.79 Å². The summed E-state index contributed by atoms with van der Waals surface area (Å²) >= 11 is 0. The number of hydrogen-bond acceptors (Lipinski definition) is 3. The Morgan fingerprint density at radius 3 is 2.65 bits per heavy atom. The highest BCUT2D eigenvalue weighted by molar-refractivity contribution is 5.78. The van der Waals surface area contributed by atoms with Crippen LogP contribution in [0.2, 0.25) is 0 Å². The number of hydrogen-bond donors (Lipinski definition) is 2. The van der Waals surface area contributed by atoms with Crippen molar-refractivity contribution < 1.29 is 4.79 Å². The van der Waals surface area contributed by atoms with Gasteiger partial charge in [0.2, 0.25) is 5.91 Å². The van der Waals surface area contributed by atoms with Gasteiger partial charge in [0.1, 0.15) is 0 Å². The average molecular weight is 241 g/mol. The Labute approximate surface area is 105 Å². The van der Waals surface area contributed by atoms with Crippen LogP contribution in [-0.4, -0.2) is 43.0 Å². The van der Waals surface area contributed by atoms with Crippen LogP contribution in [0.1, 0.15) is 45.4 Å². The molecule has 3 N–H and O–H groups in total. The lowest BCUT2D eigenvalue weighted by Crippen LogP contribution is -2.42. The van der Waals surface area contributed by atoms with E-state index >= 15 is 0 Å².